The molecule has 6 rings (SSSR count). The Morgan fingerprint density at radius 2 is 2.05 bits per heavy atom. The number of anilines is 3. The van der Waals surface area contributed by atoms with Gasteiger partial charge in [0.15, 0.2) is 0 Å². The lowest BCUT2D eigenvalue weighted by Crippen LogP contribution is -2.42. The number of rotatable bonds is 7. The minimum atomic E-state index is -0.378. The fourth-order valence-corrected chi connectivity index (χ4v) is 6.26. The Morgan fingerprint density at radius 1 is 1.18 bits per heavy atom. The molecule has 1 saturated carbocycles. The summed E-state index contributed by atoms with van der Waals surface area (Å²) in [6.07, 6.45) is 10.6. The summed E-state index contributed by atoms with van der Waals surface area (Å²) >= 11 is 1.25. The van der Waals surface area contributed by atoms with Crippen molar-refractivity contribution in [2.45, 2.75) is 25.3 Å². The Bertz CT molecular complexity index is 1600. The number of aromatic nitrogens is 3. The lowest BCUT2D eigenvalue weighted by atomic mass is 10.0. The number of hydrogen-bond donors (Lipinski definition) is 3. The molecule has 4 aromatic rings. The Balaban J connectivity index is 1.31. The maximum Gasteiger partial charge on any atom is 0.331 e. The molecule has 0 saturated heterocycles. The molecule has 4 aromatic heterocycles. The molecule has 0 unspecified atom stereocenters. The van der Waals surface area contributed by atoms with E-state index in [1.165, 1.54) is 17.4 Å². The van der Waals surface area contributed by atoms with Crippen LogP contribution < -0.4 is 20.9 Å². The van der Waals surface area contributed by atoms with E-state index >= 15 is 0 Å². The minimum Gasteiger partial charge on any atom is -0.352 e. The number of nitrogens with one attached hydrogen (secondary N) is 3. The van der Waals surface area contributed by atoms with Crippen molar-refractivity contribution in [2.24, 2.45) is 5.92 Å². The predicted octanol–water partition coefficient (Wildman–Crippen LogP) is 4.64. The summed E-state index contributed by atoms with van der Waals surface area (Å²) in [5.74, 6) is -0.362. The molecule has 1 fully saturated rings. The average molecular weight is 540 g/mol. The van der Waals surface area contributed by atoms with Crippen LogP contribution in [0.4, 0.5) is 21.9 Å². The van der Waals surface area contributed by atoms with Crippen LogP contribution in [-0.2, 0) is 4.79 Å². The fraction of sp³-hybridized carbons (Fsp3) is 0.214. The highest BCUT2D eigenvalue weighted by Gasteiger charge is 2.35. The standard InChI is InChI=1S/C28H25N7O3S/c1-2-22(36)32-15-17-5-3-7-19(17)33-26(37)25-24-23-21(9-12-31-27(23)39-25)35(28(38)34-24)18-8-11-30-20(13-18)16-6-4-10-29-14-16/h2,4,6,8-14,17,19H,1,3,5,7,15H2,(H,32,36)(H,33,37)(H,34,38)/t17-,19+/m0/s1. The van der Waals surface area contributed by atoms with Crippen LogP contribution in [0.1, 0.15) is 28.9 Å². The van der Waals surface area contributed by atoms with Gasteiger partial charge >= 0.3 is 6.03 Å². The highest BCUT2D eigenvalue weighted by molar-refractivity contribution is 7.21. The molecule has 3 N–H and O–H groups in total. The van der Waals surface area contributed by atoms with Gasteiger partial charge in [-0.3, -0.25) is 24.5 Å². The molecule has 2 atom stereocenters. The van der Waals surface area contributed by atoms with Gasteiger partial charge in [-0.15, -0.1) is 11.3 Å². The zero-order chi connectivity index (χ0) is 26.9. The van der Waals surface area contributed by atoms with Crippen molar-refractivity contribution in [3.05, 3.63) is 72.7 Å². The van der Waals surface area contributed by atoms with Crippen LogP contribution in [0.5, 0.6) is 0 Å². The monoisotopic (exact) mass is 539 g/mol. The summed E-state index contributed by atoms with van der Waals surface area (Å²) in [4.78, 5) is 54.3. The van der Waals surface area contributed by atoms with Crippen LogP contribution in [0.15, 0.2) is 67.8 Å². The minimum absolute atomic E-state index is 0.0778. The van der Waals surface area contributed by atoms with Gasteiger partial charge in [-0.25, -0.2) is 9.78 Å². The lowest BCUT2D eigenvalue weighted by molar-refractivity contribution is -0.116. The number of pyridine rings is 3. The second-order valence-electron chi connectivity index (χ2n) is 9.44. The van der Waals surface area contributed by atoms with E-state index in [4.69, 9.17) is 0 Å². The summed E-state index contributed by atoms with van der Waals surface area (Å²) in [7, 11) is 0. The van der Waals surface area contributed by atoms with Gasteiger partial charge in [0.25, 0.3) is 5.91 Å². The smallest absolute Gasteiger partial charge is 0.331 e. The first kappa shape index (κ1) is 24.7. The summed E-state index contributed by atoms with van der Waals surface area (Å²) < 4.78 is 0. The number of nitrogens with zero attached hydrogens (tertiary/aromatic N) is 4. The molecular formula is C28H25N7O3S. The molecule has 39 heavy (non-hydrogen) atoms. The molecule has 0 bridgehead atoms. The fourth-order valence-electron chi connectivity index (χ4n) is 5.24. The lowest BCUT2D eigenvalue weighted by Gasteiger charge is -2.28. The number of urea groups is 1. The normalized spacial score (nSPS) is 18.1. The maximum absolute atomic E-state index is 13.5. The van der Waals surface area contributed by atoms with Crippen molar-refractivity contribution in [1.82, 2.24) is 25.6 Å². The van der Waals surface area contributed by atoms with Crippen LogP contribution >= 0.6 is 11.3 Å². The number of hydrogen-bond acceptors (Lipinski definition) is 7. The van der Waals surface area contributed by atoms with Gasteiger partial charge in [0.2, 0.25) is 5.91 Å². The molecular weight excluding hydrogens is 514 g/mol. The molecule has 4 amide bonds. The maximum atomic E-state index is 13.5. The molecule has 1 aliphatic carbocycles. The summed E-state index contributed by atoms with van der Waals surface area (Å²) in [6, 6.07) is 8.66. The first-order chi connectivity index (χ1) is 19.0. The predicted molar refractivity (Wildman–Crippen MR) is 150 cm³/mol. The largest absolute Gasteiger partial charge is 0.352 e. The van der Waals surface area contributed by atoms with Crippen LogP contribution in [0, 0.1) is 5.92 Å². The molecule has 5 heterocycles. The highest BCUT2D eigenvalue weighted by Crippen LogP contribution is 2.46. The van der Waals surface area contributed by atoms with E-state index in [-0.39, 0.29) is 29.8 Å². The summed E-state index contributed by atoms with van der Waals surface area (Å²) in [6.45, 7) is 3.96. The second-order valence-corrected chi connectivity index (χ2v) is 10.4. The zero-order valence-corrected chi connectivity index (χ0v) is 21.7. The first-order valence-electron chi connectivity index (χ1n) is 12.6. The van der Waals surface area contributed by atoms with Gasteiger partial charge in [-0.1, -0.05) is 13.0 Å². The number of thiophene rings is 1. The van der Waals surface area contributed by atoms with Gasteiger partial charge in [0, 0.05) is 42.9 Å². The second kappa shape index (κ2) is 10.3. The van der Waals surface area contributed by atoms with E-state index in [9.17, 15) is 14.4 Å². The molecule has 1 aliphatic heterocycles. The quantitative estimate of drug-likeness (QED) is 0.294. The van der Waals surface area contributed by atoms with Crippen LogP contribution in [0.25, 0.3) is 21.5 Å². The Morgan fingerprint density at radius 3 is 2.87 bits per heavy atom. The third-order valence-electron chi connectivity index (χ3n) is 7.11. The first-order valence-corrected chi connectivity index (χ1v) is 13.5. The van der Waals surface area contributed by atoms with Gasteiger partial charge in [0.05, 0.1) is 28.1 Å². The van der Waals surface area contributed by atoms with Gasteiger partial charge in [-0.2, -0.15) is 0 Å². The van der Waals surface area contributed by atoms with E-state index < -0.39 is 0 Å². The third-order valence-corrected chi connectivity index (χ3v) is 8.21. The van der Waals surface area contributed by atoms with E-state index in [0.29, 0.717) is 44.4 Å². The third kappa shape index (κ3) is 4.61. The number of carbonyl (C=O) groups is 3. The molecule has 2 aliphatic rings. The summed E-state index contributed by atoms with van der Waals surface area (Å²) in [5.41, 5.74) is 3.26. The van der Waals surface area contributed by atoms with Crippen molar-refractivity contribution >= 4 is 56.5 Å². The highest BCUT2D eigenvalue weighted by atomic mass is 32.1. The number of amides is 4. The SMILES string of the molecule is C=CC(=O)NC[C@@H]1CCC[C@H]1NC(=O)c1sc2nccc3c2c1NC(=O)N3c1ccnc(-c2cccnc2)c1. The van der Waals surface area contributed by atoms with Gasteiger partial charge < -0.3 is 16.0 Å². The van der Waals surface area contributed by atoms with Crippen LogP contribution in [0.2, 0.25) is 0 Å². The molecule has 10 nitrogen and oxygen atoms in total. The molecule has 0 aromatic carbocycles. The average Bonchev–Trinajstić information content (AvgIpc) is 3.57. The van der Waals surface area contributed by atoms with Gasteiger partial charge in [0.1, 0.15) is 9.71 Å². The van der Waals surface area contributed by atoms with Crippen molar-refractivity contribution in [3.8, 4) is 11.3 Å². The Kier molecular flexibility index (Phi) is 6.49. The topological polar surface area (TPSA) is 129 Å². The molecule has 196 valence electrons. The van der Waals surface area contributed by atoms with Crippen LogP contribution in [-0.4, -0.2) is 45.4 Å². The zero-order valence-electron chi connectivity index (χ0n) is 20.9. The Hall–Kier alpha value is -4.64. The van der Waals surface area contributed by atoms with E-state index in [0.717, 1.165) is 24.8 Å². The van der Waals surface area contributed by atoms with Crippen molar-refractivity contribution in [1.29, 1.82) is 0 Å². The molecule has 0 radical (unpaired) electrons. The van der Waals surface area contributed by atoms with Crippen molar-refractivity contribution in [3.63, 3.8) is 0 Å². The van der Waals surface area contributed by atoms with E-state index in [1.54, 1.807) is 41.8 Å². The summed E-state index contributed by atoms with van der Waals surface area (Å²) in [5, 5.41) is 9.63. The van der Waals surface area contributed by atoms with Crippen LogP contribution in [0.3, 0.4) is 0 Å². The van der Waals surface area contributed by atoms with E-state index in [2.05, 4.69) is 37.5 Å². The van der Waals surface area contributed by atoms with E-state index in [1.807, 2.05) is 18.2 Å². The van der Waals surface area contributed by atoms with Crippen molar-refractivity contribution < 1.29 is 14.4 Å². The van der Waals surface area contributed by atoms with Gasteiger partial charge in [-0.05, 0) is 55.2 Å². The molecule has 0 spiro atoms. The number of carbonyl (C=O) groups excluding carboxylic acids is 3. The Labute approximate surface area is 228 Å². The molecule has 11 heteroatoms. The van der Waals surface area contributed by atoms with Crippen molar-refractivity contribution in [2.75, 3.05) is 16.8 Å².